The van der Waals surface area contributed by atoms with Gasteiger partial charge in [-0.1, -0.05) is 12.1 Å². The van der Waals surface area contributed by atoms with Crippen LogP contribution >= 0.6 is 0 Å². The smallest absolute Gasteiger partial charge is 0.239 e. The van der Waals surface area contributed by atoms with E-state index in [1.165, 1.54) is 0 Å². The minimum Gasteiger partial charge on any atom is -0.399 e. The summed E-state index contributed by atoms with van der Waals surface area (Å²) in [6.07, 6.45) is 0. The molecule has 3 aromatic rings. The van der Waals surface area contributed by atoms with E-state index in [2.05, 4.69) is 21.7 Å². The lowest BCUT2D eigenvalue weighted by molar-refractivity contribution is -0.119. The van der Waals surface area contributed by atoms with E-state index in [9.17, 15) is 4.79 Å². The molecule has 0 aliphatic carbocycles. The first-order valence-corrected chi connectivity index (χ1v) is 7.37. The minimum atomic E-state index is -0.168. The van der Waals surface area contributed by atoms with Crippen molar-refractivity contribution >= 4 is 39.1 Å². The van der Waals surface area contributed by atoms with Gasteiger partial charge in [0.15, 0.2) is 0 Å². The fourth-order valence-electron chi connectivity index (χ4n) is 2.39. The largest absolute Gasteiger partial charge is 0.399 e. The summed E-state index contributed by atoms with van der Waals surface area (Å²) in [7, 11) is 0. The lowest BCUT2D eigenvalue weighted by Gasteiger charge is -2.08. The number of aromatic nitrogens is 1. The zero-order chi connectivity index (χ0) is 16.2. The molecule has 0 bridgehead atoms. The van der Waals surface area contributed by atoms with Crippen molar-refractivity contribution in [3.05, 3.63) is 42.5 Å². The van der Waals surface area contributed by atoms with Crippen molar-refractivity contribution in [2.75, 3.05) is 30.7 Å². The molecule has 0 fully saturated rings. The molecule has 5 N–H and O–H groups in total. The summed E-state index contributed by atoms with van der Waals surface area (Å²) in [5.41, 5.74) is 8.98. The molecular weight excluding hydrogens is 292 g/mol. The van der Waals surface area contributed by atoms with Crippen LogP contribution in [-0.4, -0.2) is 35.7 Å². The lowest BCUT2D eigenvalue weighted by Crippen LogP contribution is -2.31. The summed E-state index contributed by atoms with van der Waals surface area (Å²) in [6, 6.07) is 13.5. The van der Waals surface area contributed by atoms with Crippen molar-refractivity contribution in [2.24, 2.45) is 0 Å². The number of hydrogen-bond acceptors (Lipinski definition) is 5. The maximum Gasteiger partial charge on any atom is 0.239 e. The van der Waals surface area contributed by atoms with Crippen molar-refractivity contribution < 1.29 is 9.90 Å². The maximum atomic E-state index is 11.5. The first-order chi connectivity index (χ1) is 11.2. The molecule has 0 saturated heterocycles. The number of carbonyl (C=O) groups excluding carboxylic acids is 1. The molecule has 2 aromatic carbocycles. The molecule has 0 atom stereocenters. The molecule has 0 radical (unpaired) electrons. The molecule has 23 heavy (non-hydrogen) atoms. The molecule has 1 amide bonds. The minimum absolute atomic E-state index is 0.0676. The number of pyridine rings is 1. The molecule has 118 valence electrons. The van der Waals surface area contributed by atoms with Gasteiger partial charge in [-0.3, -0.25) is 4.79 Å². The van der Waals surface area contributed by atoms with Gasteiger partial charge in [-0.15, -0.1) is 0 Å². The third-order valence-electron chi connectivity index (χ3n) is 3.52. The molecule has 1 aromatic heterocycles. The van der Waals surface area contributed by atoms with E-state index in [1.54, 1.807) is 0 Å². The Morgan fingerprint density at radius 2 is 1.83 bits per heavy atom. The Balaban J connectivity index is 1.83. The van der Waals surface area contributed by atoms with Crippen LogP contribution in [0.25, 0.3) is 21.8 Å². The number of fused-ring (bicyclic) bond motifs is 2. The number of amides is 1. The van der Waals surface area contributed by atoms with Gasteiger partial charge in [0.1, 0.15) is 0 Å². The Hall–Kier alpha value is -2.86. The number of nitrogens with zero attached hydrogens (tertiary/aromatic N) is 1. The summed E-state index contributed by atoms with van der Waals surface area (Å²) in [5, 5.41) is 16.4. The summed E-state index contributed by atoms with van der Waals surface area (Å²) < 4.78 is 0. The first-order valence-electron chi connectivity index (χ1n) is 7.37. The zero-order valence-electron chi connectivity index (χ0n) is 12.5. The van der Waals surface area contributed by atoms with E-state index < -0.39 is 0 Å². The van der Waals surface area contributed by atoms with Crippen molar-refractivity contribution in [1.29, 1.82) is 0 Å². The van der Waals surface area contributed by atoms with E-state index in [0.717, 1.165) is 27.5 Å². The quantitative estimate of drug-likeness (QED) is 0.422. The average molecular weight is 310 g/mol. The van der Waals surface area contributed by atoms with E-state index in [4.69, 9.17) is 10.8 Å². The van der Waals surface area contributed by atoms with Crippen LogP contribution < -0.4 is 16.4 Å². The lowest BCUT2D eigenvalue weighted by atomic mass is 10.1. The SMILES string of the molecule is Nc1ccc2cc3ccc(NCC(=O)NCCO)cc3nc2c1. The highest BCUT2D eigenvalue weighted by molar-refractivity contribution is 5.95. The summed E-state index contributed by atoms with van der Waals surface area (Å²) in [5.74, 6) is -0.168. The highest BCUT2D eigenvalue weighted by Gasteiger charge is 2.04. The van der Waals surface area contributed by atoms with Gasteiger partial charge in [0.2, 0.25) is 5.91 Å². The van der Waals surface area contributed by atoms with E-state index >= 15 is 0 Å². The van der Waals surface area contributed by atoms with E-state index in [-0.39, 0.29) is 25.6 Å². The zero-order valence-corrected chi connectivity index (χ0v) is 12.5. The number of nitrogens with two attached hydrogens (primary N) is 1. The van der Waals surface area contributed by atoms with Crippen LogP contribution in [0, 0.1) is 0 Å². The predicted molar refractivity (Wildman–Crippen MR) is 92.2 cm³/mol. The number of carbonyl (C=O) groups is 1. The number of nitrogens with one attached hydrogen (secondary N) is 2. The number of aliphatic hydroxyl groups excluding tert-OH is 1. The third kappa shape index (κ3) is 3.49. The number of rotatable bonds is 5. The molecule has 6 heteroatoms. The Morgan fingerprint density at radius 1 is 1.09 bits per heavy atom. The van der Waals surface area contributed by atoms with Crippen LogP contribution in [-0.2, 0) is 4.79 Å². The van der Waals surface area contributed by atoms with Crippen molar-refractivity contribution in [3.63, 3.8) is 0 Å². The van der Waals surface area contributed by atoms with Crippen molar-refractivity contribution in [2.45, 2.75) is 0 Å². The molecule has 0 spiro atoms. The second kappa shape index (κ2) is 6.50. The number of aliphatic hydroxyl groups is 1. The van der Waals surface area contributed by atoms with Gasteiger partial charge in [0, 0.05) is 28.7 Å². The van der Waals surface area contributed by atoms with Crippen LogP contribution in [0.15, 0.2) is 42.5 Å². The standard InChI is InChI=1S/C17H18N4O2/c18-13-3-1-11-7-12-2-4-14(9-16(12)21-15(11)8-13)20-10-17(23)19-5-6-22/h1-4,7-9,20,22H,5-6,10,18H2,(H,19,23). The monoisotopic (exact) mass is 310 g/mol. The van der Waals surface area contributed by atoms with Crippen LogP contribution in [0.1, 0.15) is 0 Å². The number of nitrogen functional groups attached to an aromatic ring is 1. The number of hydrogen-bond donors (Lipinski definition) is 4. The van der Waals surface area contributed by atoms with Crippen molar-refractivity contribution in [3.8, 4) is 0 Å². The van der Waals surface area contributed by atoms with Gasteiger partial charge >= 0.3 is 0 Å². The fraction of sp³-hybridized carbons (Fsp3) is 0.176. The predicted octanol–water partition coefficient (Wildman–Crippen LogP) is 1.49. The van der Waals surface area contributed by atoms with Gasteiger partial charge in [-0.2, -0.15) is 0 Å². The van der Waals surface area contributed by atoms with Crippen LogP contribution in [0.5, 0.6) is 0 Å². The fourth-order valence-corrected chi connectivity index (χ4v) is 2.39. The van der Waals surface area contributed by atoms with Gasteiger partial charge < -0.3 is 21.5 Å². The van der Waals surface area contributed by atoms with Gasteiger partial charge in [0.25, 0.3) is 0 Å². The second-order valence-corrected chi connectivity index (χ2v) is 5.28. The molecule has 0 saturated carbocycles. The van der Waals surface area contributed by atoms with E-state index in [0.29, 0.717) is 5.69 Å². The summed E-state index contributed by atoms with van der Waals surface area (Å²) in [4.78, 5) is 16.2. The van der Waals surface area contributed by atoms with Crippen LogP contribution in [0.2, 0.25) is 0 Å². The van der Waals surface area contributed by atoms with Crippen molar-refractivity contribution in [1.82, 2.24) is 10.3 Å². The highest BCUT2D eigenvalue weighted by Crippen LogP contribution is 2.23. The van der Waals surface area contributed by atoms with Gasteiger partial charge in [-0.25, -0.2) is 4.98 Å². The molecule has 0 unspecified atom stereocenters. The number of anilines is 2. The van der Waals surface area contributed by atoms with Gasteiger partial charge in [0.05, 0.1) is 24.2 Å². The third-order valence-corrected chi connectivity index (χ3v) is 3.52. The number of benzene rings is 2. The molecule has 3 rings (SSSR count). The van der Waals surface area contributed by atoms with Crippen LogP contribution in [0.4, 0.5) is 11.4 Å². The topological polar surface area (TPSA) is 100 Å². The maximum absolute atomic E-state index is 11.5. The molecular formula is C17H18N4O2. The van der Waals surface area contributed by atoms with Gasteiger partial charge in [-0.05, 0) is 30.3 Å². The molecule has 0 aliphatic rings. The molecule has 1 heterocycles. The Morgan fingerprint density at radius 3 is 2.61 bits per heavy atom. The second-order valence-electron chi connectivity index (χ2n) is 5.28. The van der Waals surface area contributed by atoms with Crippen LogP contribution in [0.3, 0.4) is 0 Å². The molecule has 0 aliphatic heterocycles. The normalized spacial score (nSPS) is 10.8. The average Bonchev–Trinajstić information content (AvgIpc) is 2.56. The molecule has 6 nitrogen and oxygen atoms in total. The van der Waals surface area contributed by atoms with E-state index in [1.807, 2.05) is 36.4 Å². The summed E-state index contributed by atoms with van der Waals surface area (Å²) in [6.45, 7) is 0.334. The summed E-state index contributed by atoms with van der Waals surface area (Å²) >= 11 is 0. The first kappa shape index (κ1) is 15.1. The Kier molecular flexibility index (Phi) is 4.25. The highest BCUT2D eigenvalue weighted by atomic mass is 16.3. The Labute approximate surface area is 133 Å². The Bertz CT molecular complexity index is 864.